The number of fused-ring (bicyclic) bond motifs is 1. The van der Waals surface area contributed by atoms with Gasteiger partial charge >= 0.3 is 6.18 Å². The van der Waals surface area contributed by atoms with Gasteiger partial charge in [-0.1, -0.05) is 38.8 Å². The molecule has 0 radical (unpaired) electrons. The molecule has 180 valence electrons. The maximum atomic E-state index is 13.1. The smallest absolute Gasteiger partial charge is 0.416 e. The Hall–Kier alpha value is -2.05. The van der Waals surface area contributed by atoms with Crippen LogP contribution in [0.25, 0.3) is 0 Å². The first kappa shape index (κ1) is 24.1. The van der Waals surface area contributed by atoms with Gasteiger partial charge in [0.15, 0.2) is 0 Å². The van der Waals surface area contributed by atoms with Gasteiger partial charge in [0.2, 0.25) is 0 Å². The first-order valence-corrected chi connectivity index (χ1v) is 11.8. The van der Waals surface area contributed by atoms with E-state index in [-0.39, 0.29) is 11.8 Å². The van der Waals surface area contributed by atoms with Crippen molar-refractivity contribution >= 4 is 0 Å². The molecule has 3 nitrogen and oxygen atoms in total. The molecular formula is C27H33F3O3. The fraction of sp³-hybridized carbons (Fsp3) is 0.556. The van der Waals surface area contributed by atoms with Gasteiger partial charge in [-0.3, -0.25) is 0 Å². The molecule has 2 aromatic rings. The lowest BCUT2D eigenvalue weighted by Gasteiger charge is -2.39. The summed E-state index contributed by atoms with van der Waals surface area (Å²) in [6.07, 6.45) is -1.74. The van der Waals surface area contributed by atoms with Crippen molar-refractivity contribution in [1.82, 2.24) is 0 Å². The number of aliphatic hydroxyl groups excluding tert-OH is 2. The van der Waals surface area contributed by atoms with Gasteiger partial charge in [0.05, 0.1) is 11.7 Å². The molecule has 1 fully saturated rings. The van der Waals surface area contributed by atoms with Crippen LogP contribution in [-0.4, -0.2) is 15.8 Å². The Labute approximate surface area is 193 Å². The van der Waals surface area contributed by atoms with Gasteiger partial charge in [-0.2, -0.15) is 13.2 Å². The van der Waals surface area contributed by atoms with Crippen LogP contribution in [0.3, 0.4) is 0 Å². The van der Waals surface area contributed by atoms with Crippen LogP contribution in [0.5, 0.6) is 5.75 Å². The van der Waals surface area contributed by atoms with Gasteiger partial charge in [-0.25, -0.2) is 0 Å². The monoisotopic (exact) mass is 462 g/mol. The van der Waals surface area contributed by atoms with Crippen molar-refractivity contribution in [2.45, 2.75) is 95.6 Å². The molecule has 1 aliphatic carbocycles. The topological polar surface area (TPSA) is 49.7 Å². The van der Waals surface area contributed by atoms with E-state index in [1.807, 2.05) is 33.8 Å². The zero-order valence-corrected chi connectivity index (χ0v) is 19.7. The molecule has 2 atom stereocenters. The van der Waals surface area contributed by atoms with E-state index in [1.54, 1.807) is 0 Å². The third kappa shape index (κ3) is 4.65. The molecule has 6 heteroatoms. The van der Waals surface area contributed by atoms with Gasteiger partial charge < -0.3 is 14.9 Å². The minimum Gasteiger partial charge on any atom is -0.487 e. The largest absolute Gasteiger partial charge is 0.487 e. The number of benzene rings is 2. The Bertz CT molecular complexity index is 1000. The van der Waals surface area contributed by atoms with Crippen molar-refractivity contribution in [2.24, 2.45) is 0 Å². The molecule has 2 aromatic carbocycles. The summed E-state index contributed by atoms with van der Waals surface area (Å²) in [6.45, 7) is 7.98. The van der Waals surface area contributed by atoms with Crippen molar-refractivity contribution in [3.8, 4) is 5.75 Å². The highest BCUT2D eigenvalue weighted by molar-refractivity contribution is 5.57. The summed E-state index contributed by atoms with van der Waals surface area (Å²) in [7, 11) is 0. The summed E-state index contributed by atoms with van der Waals surface area (Å²) in [5, 5.41) is 22.7. The summed E-state index contributed by atoms with van der Waals surface area (Å²) in [4.78, 5) is 0. The number of halogens is 3. The number of aliphatic hydroxyl groups is 2. The molecule has 2 aliphatic rings. The van der Waals surface area contributed by atoms with Crippen LogP contribution < -0.4 is 4.74 Å². The maximum absolute atomic E-state index is 13.1. The predicted octanol–water partition coefficient (Wildman–Crippen LogP) is 7.16. The Balaban J connectivity index is 1.92. The Kier molecular flexibility index (Phi) is 6.29. The quantitative estimate of drug-likeness (QED) is 0.507. The van der Waals surface area contributed by atoms with Crippen molar-refractivity contribution in [1.29, 1.82) is 0 Å². The van der Waals surface area contributed by atoms with E-state index in [0.29, 0.717) is 17.7 Å². The molecular weight excluding hydrogens is 429 g/mol. The first-order chi connectivity index (χ1) is 15.4. The van der Waals surface area contributed by atoms with Crippen LogP contribution in [0.4, 0.5) is 13.2 Å². The fourth-order valence-electron chi connectivity index (χ4n) is 5.52. The highest BCUT2D eigenvalue weighted by Gasteiger charge is 2.40. The average Bonchev–Trinajstić information content (AvgIpc) is 3.25. The van der Waals surface area contributed by atoms with Crippen molar-refractivity contribution < 1.29 is 28.1 Å². The normalized spacial score (nSPS) is 21.7. The number of rotatable bonds is 4. The minimum absolute atomic E-state index is 0.0559. The number of ether oxygens (including phenoxy) is 1. The van der Waals surface area contributed by atoms with E-state index in [2.05, 4.69) is 0 Å². The van der Waals surface area contributed by atoms with Gasteiger partial charge in [0, 0.05) is 12.0 Å². The lowest BCUT2D eigenvalue weighted by molar-refractivity contribution is -0.137. The number of hydrogen-bond acceptors (Lipinski definition) is 3. The molecule has 1 unspecified atom stereocenters. The van der Waals surface area contributed by atoms with E-state index in [1.165, 1.54) is 12.1 Å². The maximum Gasteiger partial charge on any atom is 0.416 e. The molecule has 0 amide bonds. The first-order valence-electron chi connectivity index (χ1n) is 11.8. The van der Waals surface area contributed by atoms with E-state index in [0.717, 1.165) is 60.1 Å². The summed E-state index contributed by atoms with van der Waals surface area (Å²) in [5.74, 6) is 0.893. The summed E-state index contributed by atoms with van der Waals surface area (Å²) in [6, 6.07) is 6.66. The molecule has 33 heavy (non-hydrogen) atoms. The Morgan fingerprint density at radius 2 is 1.64 bits per heavy atom. The van der Waals surface area contributed by atoms with Gasteiger partial charge in [0.1, 0.15) is 17.5 Å². The fourth-order valence-corrected chi connectivity index (χ4v) is 5.52. The molecule has 0 spiro atoms. The van der Waals surface area contributed by atoms with Crippen molar-refractivity contribution in [2.75, 3.05) is 0 Å². The zero-order chi connectivity index (χ0) is 24.1. The van der Waals surface area contributed by atoms with E-state index < -0.39 is 29.5 Å². The number of alkyl halides is 3. The van der Waals surface area contributed by atoms with Crippen LogP contribution in [0.2, 0.25) is 0 Å². The van der Waals surface area contributed by atoms with Crippen LogP contribution >= 0.6 is 0 Å². The number of hydrogen-bond donors (Lipinski definition) is 2. The Morgan fingerprint density at radius 3 is 2.18 bits per heavy atom. The van der Waals surface area contributed by atoms with Crippen LogP contribution in [0.15, 0.2) is 30.3 Å². The molecule has 1 saturated carbocycles. The standard InChI is InChI=1S/C27H33F3O3/c1-15(2)19-13-21-24(20(31)14-26(3,4)33-21)22(16-7-5-6-8-16)23(19)25(32)17-9-11-18(12-10-17)27(28,29)30/h9-13,15-16,20,25,31-32H,5-8,14H2,1-4H3/t20-,25?/m0/s1. The highest BCUT2D eigenvalue weighted by atomic mass is 19.4. The zero-order valence-electron chi connectivity index (χ0n) is 19.7. The molecule has 2 N–H and O–H groups in total. The molecule has 0 bridgehead atoms. The van der Waals surface area contributed by atoms with Gasteiger partial charge in [0.25, 0.3) is 0 Å². The van der Waals surface area contributed by atoms with Crippen LogP contribution in [0, 0.1) is 0 Å². The van der Waals surface area contributed by atoms with E-state index in [4.69, 9.17) is 4.74 Å². The third-order valence-electron chi connectivity index (χ3n) is 7.06. The van der Waals surface area contributed by atoms with E-state index >= 15 is 0 Å². The molecule has 4 rings (SSSR count). The van der Waals surface area contributed by atoms with Crippen molar-refractivity contribution in [3.63, 3.8) is 0 Å². The van der Waals surface area contributed by atoms with Crippen LogP contribution in [-0.2, 0) is 6.18 Å². The molecule has 0 saturated heterocycles. The summed E-state index contributed by atoms with van der Waals surface area (Å²) in [5.41, 5.74) is 2.47. The van der Waals surface area contributed by atoms with E-state index in [9.17, 15) is 23.4 Å². The Morgan fingerprint density at radius 1 is 1.03 bits per heavy atom. The summed E-state index contributed by atoms with van der Waals surface area (Å²) < 4.78 is 45.5. The SMILES string of the molecule is CC(C)c1cc2c(c(C3CCCC3)c1C(O)c1ccc(C(F)(F)F)cc1)[C@@H](O)CC(C)(C)O2. The lowest BCUT2D eigenvalue weighted by Crippen LogP contribution is -2.36. The second-order valence-corrected chi connectivity index (χ2v) is 10.4. The second kappa shape index (κ2) is 8.62. The predicted molar refractivity (Wildman–Crippen MR) is 122 cm³/mol. The molecule has 1 aliphatic heterocycles. The van der Waals surface area contributed by atoms with Crippen LogP contribution in [0.1, 0.15) is 117 Å². The second-order valence-electron chi connectivity index (χ2n) is 10.4. The van der Waals surface area contributed by atoms with Crippen molar-refractivity contribution in [3.05, 3.63) is 63.7 Å². The molecule has 1 heterocycles. The molecule has 0 aromatic heterocycles. The van der Waals surface area contributed by atoms with Gasteiger partial charge in [-0.15, -0.1) is 0 Å². The lowest BCUT2D eigenvalue weighted by atomic mass is 9.76. The average molecular weight is 463 g/mol. The van der Waals surface area contributed by atoms with Gasteiger partial charge in [-0.05, 0) is 79.0 Å². The summed E-state index contributed by atoms with van der Waals surface area (Å²) >= 11 is 0. The highest BCUT2D eigenvalue weighted by Crippen LogP contribution is 2.51. The minimum atomic E-state index is -4.43. The third-order valence-corrected chi connectivity index (χ3v) is 7.06.